The van der Waals surface area contributed by atoms with Gasteiger partial charge < -0.3 is 4.98 Å². The van der Waals surface area contributed by atoms with Gasteiger partial charge in [-0.2, -0.15) is 0 Å². The third kappa shape index (κ3) is 2.07. The van der Waals surface area contributed by atoms with Crippen LogP contribution < -0.4 is 0 Å². The molecule has 0 amide bonds. The van der Waals surface area contributed by atoms with Gasteiger partial charge in [0.15, 0.2) is 0 Å². The lowest BCUT2D eigenvalue weighted by Crippen LogP contribution is -2.11. The second-order valence-electron chi connectivity index (χ2n) is 3.29. The fourth-order valence-electron chi connectivity index (χ4n) is 1.27. The molecule has 0 atom stereocenters. The molecule has 1 aromatic rings. The lowest BCUT2D eigenvalue weighted by Gasteiger charge is -1.90. The first kappa shape index (κ1) is 10.6. The summed E-state index contributed by atoms with van der Waals surface area (Å²) in [4.78, 5) is 29.3. The van der Waals surface area contributed by atoms with Crippen LogP contribution in [-0.2, 0) is 11.2 Å². The Morgan fingerprint density at radius 3 is 2.57 bits per heavy atom. The summed E-state index contributed by atoms with van der Waals surface area (Å²) in [7, 11) is 0. The largest absolute Gasteiger partial charge is 0.345 e. The minimum absolute atomic E-state index is 0.265. The summed E-state index contributed by atoms with van der Waals surface area (Å²) in [5, 5.41) is 0. The van der Waals surface area contributed by atoms with Crippen molar-refractivity contribution < 1.29 is 9.59 Å². The van der Waals surface area contributed by atoms with Gasteiger partial charge >= 0.3 is 0 Å². The van der Waals surface area contributed by atoms with E-state index in [0.717, 1.165) is 18.7 Å². The van der Waals surface area contributed by atoms with Crippen molar-refractivity contribution in [3.63, 3.8) is 0 Å². The van der Waals surface area contributed by atoms with Gasteiger partial charge in [-0.3, -0.25) is 9.59 Å². The molecule has 0 fully saturated rings. The first-order valence-electron chi connectivity index (χ1n) is 4.67. The van der Waals surface area contributed by atoms with Crippen molar-refractivity contribution in [2.45, 2.75) is 33.6 Å². The summed E-state index contributed by atoms with van der Waals surface area (Å²) in [6, 6.07) is 0. The molecule has 4 nitrogen and oxygen atoms in total. The monoisotopic (exact) mass is 194 g/mol. The first-order chi connectivity index (χ1) is 6.56. The molecule has 1 aromatic heterocycles. The third-order valence-electron chi connectivity index (χ3n) is 1.96. The highest BCUT2D eigenvalue weighted by Gasteiger charge is 2.17. The second kappa shape index (κ2) is 4.17. The molecule has 0 aliphatic heterocycles. The summed E-state index contributed by atoms with van der Waals surface area (Å²) in [6.07, 6.45) is 1.76. The summed E-state index contributed by atoms with van der Waals surface area (Å²) < 4.78 is 0. The number of hydrogen-bond acceptors (Lipinski definition) is 3. The zero-order valence-electron chi connectivity index (χ0n) is 8.68. The molecule has 0 unspecified atom stereocenters. The smallest absolute Gasteiger partial charge is 0.248 e. The Balaban J connectivity index is 2.98. The molecule has 0 radical (unpaired) electrons. The van der Waals surface area contributed by atoms with Crippen LogP contribution in [0.25, 0.3) is 0 Å². The highest BCUT2D eigenvalue weighted by molar-refractivity contribution is 6.42. The summed E-state index contributed by atoms with van der Waals surface area (Å²) in [5.74, 6) is -0.210. The van der Waals surface area contributed by atoms with Gasteiger partial charge in [-0.15, -0.1) is 0 Å². The molecule has 14 heavy (non-hydrogen) atoms. The van der Waals surface area contributed by atoms with Crippen molar-refractivity contribution in [2.24, 2.45) is 0 Å². The number of aromatic nitrogens is 2. The van der Waals surface area contributed by atoms with Gasteiger partial charge in [-0.25, -0.2) is 4.98 Å². The Morgan fingerprint density at radius 2 is 2.07 bits per heavy atom. The van der Waals surface area contributed by atoms with Crippen molar-refractivity contribution in [3.8, 4) is 0 Å². The van der Waals surface area contributed by atoms with E-state index in [1.54, 1.807) is 6.92 Å². The highest BCUT2D eigenvalue weighted by Crippen LogP contribution is 2.07. The van der Waals surface area contributed by atoms with Crippen LogP contribution in [0.15, 0.2) is 0 Å². The van der Waals surface area contributed by atoms with Crippen LogP contribution in [0, 0.1) is 6.92 Å². The number of carbonyl (C=O) groups excluding carboxylic acids is 2. The van der Waals surface area contributed by atoms with Crippen LogP contribution in [0.3, 0.4) is 0 Å². The fraction of sp³-hybridized carbons (Fsp3) is 0.500. The molecule has 1 rings (SSSR count). The lowest BCUT2D eigenvalue weighted by atomic mass is 10.2. The number of nitrogens with one attached hydrogen (secondary N) is 1. The molecule has 0 aromatic carbocycles. The Labute approximate surface area is 82.7 Å². The van der Waals surface area contributed by atoms with Crippen LogP contribution in [0.2, 0.25) is 0 Å². The van der Waals surface area contributed by atoms with Crippen molar-refractivity contribution in [2.75, 3.05) is 0 Å². The zero-order chi connectivity index (χ0) is 10.7. The summed E-state index contributed by atoms with van der Waals surface area (Å²) in [5.41, 5.74) is 0.939. The van der Waals surface area contributed by atoms with Crippen LogP contribution in [-0.4, -0.2) is 21.5 Å². The standard InChI is InChI=1S/C10H14N2O2/c1-4-5-8-11-6(2)9(12-8)10(14)7(3)13/h4-5H2,1-3H3,(H,11,12). The van der Waals surface area contributed by atoms with E-state index in [1.165, 1.54) is 6.92 Å². The Kier molecular flexibility index (Phi) is 3.17. The molecular formula is C10H14N2O2. The number of ketones is 2. The van der Waals surface area contributed by atoms with Gasteiger partial charge in [0.1, 0.15) is 11.5 Å². The molecule has 1 heterocycles. The van der Waals surface area contributed by atoms with E-state index in [-0.39, 0.29) is 5.69 Å². The normalized spacial score (nSPS) is 10.2. The molecule has 0 spiro atoms. The average molecular weight is 194 g/mol. The van der Waals surface area contributed by atoms with Crippen molar-refractivity contribution in [1.29, 1.82) is 0 Å². The van der Waals surface area contributed by atoms with E-state index in [2.05, 4.69) is 9.97 Å². The molecule has 0 bridgehead atoms. The highest BCUT2D eigenvalue weighted by atomic mass is 16.2. The SMILES string of the molecule is CCCc1nc(C(=O)C(C)=O)c(C)[nH]1. The summed E-state index contributed by atoms with van der Waals surface area (Å²) in [6.45, 7) is 5.04. The quantitative estimate of drug-likeness (QED) is 0.582. The van der Waals surface area contributed by atoms with E-state index >= 15 is 0 Å². The predicted octanol–water partition coefficient (Wildman–Crippen LogP) is 1.44. The van der Waals surface area contributed by atoms with Crippen LogP contribution in [0.5, 0.6) is 0 Å². The van der Waals surface area contributed by atoms with E-state index < -0.39 is 11.6 Å². The number of hydrogen-bond donors (Lipinski definition) is 1. The maximum Gasteiger partial charge on any atom is 0.248 e. The van der Waals surface area contributed by atoms with E-state index in [9.17, 15) is 9.59 Å². The number of imidazole rings is 1. The van der Waals surface area contributed by atoms with Crippen molar-refractivity contribution in [1.82, 2.24) is 9.97 Å². The third-order valence-corrected chi connectivity index (χ3v) is 1.96. The molecule has 1 N–H and O–H groups in total. The van der Waals surface area contributed by atoms with Gasteiger partial charge in [-0.05, 0) is 13.3 Å². The van der Waals surface area contributed by atoms with Gasteiger partial charge in [-0.1, -0.05) is 6.92 Å². The number of carbonyl (C=O) groups is 2. The van der Waals surface area contributed by atoms with Crippen LogP contribution in [0.1, 0.15) is 42.3 Å². The zero-order valence-corrected chi connectivity index (χ0v) is 8.68. The summed E-state index contributed by atoms with van der Waals surface area (Å²) >= 11 is 0. The number of rotatable bonds is 4. The van der Waals surface area contributed by atoms with E-state index in [0.29, 0.717) is 5.69 Å². The molecule has 0 aliphatic carbocycles. The molecular weight excluding hydrogens is 180 g/mol. The number of H-pyrrole nitrogens is 1. The predicted molar refractivity (Wildman–Crippen MR) is 52.3 cm³/mol. The van der Waals surface area contributed by atoms with Gasteiger partial charge in [0.25, 0.3) is 0 Å². The first-order valence-corrected chi connectivity index (χ1v) is 4.67. The number of aromatic amines is 1. The molecule has 0 saturated heterocycles. The molecule has 0 aliphatic rings. The second-order valence-corrected chi connectivity index (χ2v) is 3.29. The van der Waals surface area contributed by atoms with Crippen molar-refractivity contribution in [3.05, 3.63) is 17.2 Å². The topological polar surface area (TPSA) is 62.8 Å². The van der Waals surface area contributed by atoms with E-state index in [1.807, 2.05) is 6.92 Å². The number of nitrogens with zero attached hydrogens (tertiary/aromatic N) is 1. The van der Waals surface area contributed by atoms with Crippen molar-refractivity contribution >= 4 is 11.6 Å². The average Bonchev–Trinajstić information content (AvgIpc) is 2.46. The Hall–Kier alpha value is -1.45. The molecule has 0 saturated carbocycles. The Bertz CT molecular complexity index is 366. The number of aryl methyl sites for hydroxylation is 2. The van der Waals surface area contributed by atoms with Gasteiger partial charge in [0.2, 0.25) is 11.6 Å². The minimum Gasteiger partial charge on any atom is -0.345 e. The Morgan fingerprint density at radius 1 is 1.43 bits per heavy atom. The number of Topliss-reactive ketones (excluding diaryl/α,β-unsaturated/α-hetero) is 2. The molecule has 76 valence electrons. The van der Waals surface area contributed by atoms with E-state index in [4.69, 9.17) is 0 Å². The lowest BCUT2D eigenvalue weighted by molar-refractivity contribution is -0.113. The minimum atomic E-state index is -0.513. The maximum absolute atomic E-state index is 11.4. The van der Waals surface area contributed by atoms with Gasteiger partial charge in [0, 0.05) is 19.0 Å². The fourth-order valence-corrected chi connectivity index (χ4v) is 1.27. The van der Waals surface area contributed by atoms with Crippen LogP contribution >= 0.6 is 0 Å². The molecule has 4 heteroatoms. The van der Waals surface area contributed by atoms with Gasteiger partial charge in [0.05, 0.1) is 0 Å². The van der Waals surface area contributed by atoms with Crippen LogP contribution in [0.4, 0.5) is 0 Å². The maximum atomic E-state index is 11.4.